The summed E-state index contributed by atoms with van der Waals surface area (Å²) in [6, 6.07) is 9.29. The van der Waals surface area contributed by atoms with Gasteiger partial charge in [0.25, 0.3) is 0 Å². The normalized spacial score (nSPS) is 16.2. The van der Waals surface area contributed by atoms with Crippen molar-refractivity contribution in [2.75, 3.05) is 6.54 Å². The second-order valence-electron chi connectivity index (χ2n) is 7.35. The quantitative estimate of drug-likeness (QED) is 0.618. The average molecular weight is 397 g/mol. The molecule has 2 aromatic carbocycles. The SMILES string of the molecule is Cc1ccc(-c2[nH]c3c(F)cc(F)cc3c2CCC(=O)N[C@@H]2CCNC2=O)cc1. The molecule has 0 bridgehead atoms. The van der Waals surface area contributed by atoms with Crippen LogP contribution in [0.4, 0.5) is 8.78 Å². The molecule has 0 saturated carbocycles. The summed E-state index contributed by atoms with van der Waals surface area (Å²) in [5.74, 6) is -1.80. The maximum Gasteiger partial charge on any atom is 0.242 e. The summed E-state index contributed by atoms with van der Waals surface area (Å²) in [7, 11) is 0. The van der Waals surface area contributed by atoms with Gasteiger partial charge in [-0.25, -0.2) is 8.78 Å². The number of aromatic amines is 1. The molecule has 1 saturated heterocycles. The van der Waals surface area contributed by atoms with Crippen LogP contribution in [0.5, 0.6) is 0 Å². The lowest BCUT2D eigenvalue weighted by Crippen LogP contribution is -2.40. The minimum Gasteiger partial charge on any atom is -0.354 e. The van der Waals surface area contributed by atoms with Crippen molar-refractivity contribution in [3.05, 3.63) is 59.2 Å². The minimum atomic E-state index is -0.674. The second kappa shape index (κ2) is 7.66. The summed E-state index contributed by atoms with van der Waals surface area (Å²) < 4.78 is 28.2. The van der Waals surface area contributed by atoms with Crippen LogP contribution >= 0.6 is 0 Å². The van der Waals surface area contributed by atoms with Gasteiger partial charge in [0.1, 0.15) is 17.7 Å². The number of nitrogens with one attached hydrogen (secondary N) is 3. The monoisotopic (exact) mass is 397 g/mol. The van der Waals surface area contributed by atoms with Crippen LogP contribution < -0.4 is 10.6 Å². The van der Waals surface area contributed by atoms with Crippen molar-refractivity contribution >= 4 is 22.7 Å². The van der Waals surface area contributed by atoms with Gasteiger partial charge in [-0.05, 0) is 37.0 Å². The topological polar surface area (TPSA) is 74.0 Å². The van der Waals surface area contributed by atoms with Crippen molar-refractivity contribution in [2.45, 2.75) is 32.2 Å². The first-order chi connectivity index (χ1) is 13.9. The second-order valence-corrected chi connectivity index (χ2v) is 7.35. The number of hydrogen-bond acceptors (Lipinski definition) is 2. The zero-order valence-corrected chi connectivity index (χ0v) is 15.9. The van der Waals surface area contributed by atoms with E-state index in [2.05, 4.69) is 15.6 Å². The van der Waals surface area contributed by atoms with Crippen LogP contribution in [-0.2, 0) is 16.0 Å². The summed E-state index contributed by atoms with van der Waals surface area (Å²) in [6.07, 6.45) is 0.947. The highest BCUT2D eigenvalue weighted by Gasteiger charge is 2.25. The van der Waals surface area contributed by atoms with Gasteiger partial charge in [0.2, 0.25) is 11.8 Å². The number of H-pyrrole nitrogens is 1. The van der Waals surface area contributed by atoms with Crippen LogP contribution in [0, 0.1) is 18.6 Å². The Balaban J connectivity index is 1.65. The van der Waals surface area contributed by atoms with Gasteiger partial charge in [-0.1, -0.05) is 29.8 Å². The predicted molar refractivity (Wildman–Crippen MR) is 106 cm³/mol. The van der Waals surface area contributed by atoms with E-state index in [0.29, 0.717) is 29.6 Å². The Morgan fingerprint density at radius 3 is 2.66 bits per heavy atom. The maximum atomic E-state index is 14.3. The highest BCUT2D eigenvalue weighted by Crippen LogP contribution is 2.33. The third-order valence-corrected chi connectivity index (χ3v) is 5.26. The highest BCUT2D eigenvalue weighted by atomic mass is 19.1. The largest absolute Gasteiger partial charge is 0.354 e. The molecule has 5 nitrogen and oxygen atoms in total. The summed E-state index contributed by atoms with van der Waals surface area (Å²) in [5.41, 5.74) is 3.46. The van der Waals surface area contributed by atoms with Crippen molar-refractivity contribution in [2.24, 2.45) is 0 Å². The number of amides is 2. The molecule has 1 aliphatic rings. The number of aryl methyl sites for hydroxylation is 2. The van der Waals surface area contributed by atoms with E-state index in [-0.39, 0.29) is 30.2 Å². The van der Waals surface area contributed by atoms with E-state index in [0.717, 1.165) is 17.2 Å². The van der Waals surface area contributed by atoms with Crippen molar-refractivity contribution in [3.63, 3.8) is 0 Å². The number of aromatic nitrogens is 1. The summed E-state index contributed by atoms with van der Waals surface area (Å²) in [5, 5.41) is 5.81. The third-order valence-electron chi connectivity index (χ3n) is 5.26. The van der Waals surface area contributed by atoms with Gasteiger partial charge in [0.15, 0.2) is 0 Å². The van der Waals surface area contributed by atoms with Crippen LogP contribution in [-0.4, -0.2) is 29.4 Å². The first kappa shape index (κ1) is 19.1. The standard InChI is InChI=1S/C22H21F2N3O2/c1-12-2-4-13(5-3-12)20-15(16-10-14(23)11-17(24)21(16)27-20)6-7-19(28)26-18-8-9-25-22(18)29/h2-5,10-11,18,27H,6-9H2,1H3,(H,25,29)(H,26,28)/t18-/m1/s1. The number of hydrogen-bond donors (Lipinski definition) is 3. The number of carbonyl (C=O) groups excluding carboxylic acids is 2. The van der Waals surface area contributed by atoms with Gasteiger partial charge in [-0.3, -0.25) is 9.59 Å². The van der Waals surface area contributed by atoms with E-state index in [9.17, 15) is 18.4 Å². The van der Waals surface area contributed by atoms with Crippen LogP contribution in [0.15, 0.2) is 36.4 Å². The van der Waals surface area contributed by atoms with Gasteiger partial charge >= 0.3 is 0 Å². The molecule has 0 spiro atoms. The molecule has 4 rings (SSSR count). The van der Waals surface area contributed by atoms with Crippen molar-refractivity contribution in [3.8, 4) is 11.3 Å². The smallest absolute Gasteiger partial charge is 0.242 e. The number of halogens is 2. The molecule has 7 heteroatoms. The molecular weight excluding hydrogens is 376 g/mol. The van der Waals surface area contributed by atoms with Crippen molar-refractivity contribution in [1.29, 1.82) is 0 Å². The molecule has 150 valence electrons. The Morgan fingerprint density at radius 2 is 1.97 bits per heavy atom. The molecule has 0 radical (unpaired) electrons. The molecule has 0 unspecified atom stereocenters. The lowest BCUT2D eigenvalue weighted by Gasteiger charge is -2.10. The third kappa shape index (κ3) is 3.85. The van der Waals surface area contributed by atoms with Crippen LogP contribution in [0.1, 0.15) is 24.0 Å². The zero-order chi connectivity index (χ0) is 20.5. The molecule has 1 aromatic heterocycles. The fraction of sp³-hybridized carbons (Fsp3) is 0.273. The molecule has 3 aromatic rings. The molecular formula is C22H21F2N3O2. The van der Waals surface area contributed by atoms with Crippen LogP contribution in [0.2, 0.25) is 0 Å². The Kier molecular flexibility index (Phi) is 5.05. The van der Waals surface area contributed by atoms with Gasteiger partial charge in [0, 0.05) is 30.1 Å². The number of benzene rings is 2. The lowest BCUT2D eigenvalue weighted by molar-refractivity contribution is -0.127. The molecule has 29 heavy (non-hydrogen) atoms. The maximum absolute atomic E-state index is 14.3. The molecule has 2 amide bonds. The molecule has 3 N–H and O–H groups in total. The van der Waals surface area contributed by atoms with E-state index in [1.807, 2.05) is 31.2 Å². The lowest BCUT2D eigenvalue weighted by atomic mass is 10.00. The summed E-state index contributed by atoms with van der Waals surface area (Å²) >= 11 is 0. The van der Waals surface area contributed by atoms with Gasteiger partial charge in [-0.15, -0.1) is 0 Å². The minimum absolute atomic E-state index is 0.105. The first-order valence-electron chi connectivity index (χ1n) is 9.56. The van der Waals surface area contributed by atoms with E-state index in [1.54, 1.807) is 0 Å². The first-order valence-corrected chi connectivity index (χ1v) is 9.56. The highest BCUT2D eigenvalue weighted by molar-refractivity contribution is 5.92. The van der Waals surface area contributed by atoms with E-state index < -0.39 is 17.7 Å². The predicted octanol–water partition coefficient (Wildman–Crippen LogP) is 3.36. The van der Waals surface area contributed by atoms with E-state index >= 15 is 0 Å². The molecule has 0 aliphatic carbocycles. The van der Waals surface area contributed by atoms with E-state index in [4.69, 9.17) is 0 Å². The zero-order valence-electron chi connectivity index (χ0n) is 15.9. The fourth-order valence-corrected chi connectivity index (χ4v) is 3.74. The van der Waals surface area contributed by atoms with E-state index in [1.165, 1.54) is 6.07 Å². The summed E-state index contributed by atoms with van der Waals surface area (Å²) in [6.45, 7) is 2.51. The number of rotatable bonds is 5. The van der Waals surface area contributed by atoms with Crippen molar-refractivity contribution < 1.29 is 18.4 Å². The number of fused-ring (bicyclic) bond motifs is 1. The molecule has 1 fully saturated rings. The van der Waals surface area contributed by atoms with Gasteiger partial charge < -0.3 is 15.6 Å². The van der Waals surface area contributed by atoms with Crippen molar-refractivity contribution in [1.82, 2.24) is 15.6 Å². The Bertz CT molecular complexity index is 1090. The van der Waals surface area contributed by atoms with Crippen LogP contribution in [0.25, 0.3) is 22.2 Å². The Morgan fingerprint density at radius 1 is 1.21 bits per heavy atom. The Hall–Kier alpha value is -3.22. The Labute approximate surface area is 166 Å². The van der Waals surface area contributed by atoms with Crippen LogP contribution in [0.3, 0.4) is 0 Å². The average Bonchev–Trinajstić information content (AvgIpc) is 3.24. The fourth-order valence-electron chi connectivity index (χ4n) is 3.74. The number of carbonyl (C=O) groups is 2. The van der Waals surface area contributed by atoms with Gasteiger partial charge in [-0.2, -0.15) is 0 Å². The molecule has 2 heterocycles. The summed E-state index contributed by atoms with van der Waals surface area (Å²) in [4.78, 5) is 27.1. The molecule has 1 atom stereocenters. The molecule has 1 aliphatic heterocycles. The van der Waals surface area contributed by atoms with Gasteiger partial charge in [0.05, 0.1) is 5.52 Å².